The minimum atomic E-state index is -0.594. The van der Waals surface area contributed by atoms with Crippen LogP contribution in [-0.2, 0) is 14.4 Å². The van der Waals surface area contributed by atoms with Gasteiger partial charge in [0.15, 0.2) is 0 Å². The molecule has 1 aliphatic carbocycles. The van der Waals surface area contributed by atoms with Crippen LogP contribution >= 0.6 is 11.8 Å². The average Bonchev–Trinajstić information content (AvgIpc) is 3.07. The average molecular weight is 343 g/mol. The minimum absolute atomic E-state index is 0.119. The van der Waals surface area contributed by atoms with E-state index >= 15 is 0 Å². The van der Waals surface area contributed by atoms with Gasteiger partial charge >= 0.3 is 0 Å². The van der Waals surface area contributed by atoms with Gasteiger partial charge in [0.05, 0.1) is 22.3 Å². The molecule has 2 aliphatic heterocycles. The number of thioether (sulfide) groups is 1. The van der Waals surface area contributed by atoms with Crippen LogP contribution in [0.1, 0.15) is 27.7 Å². The lowest BCUT2D eigenvalue weighted by atomic mass is 9.42. The van der Waals surface area contributed by atoms with Crippen molar-refractivity contribution in [3.8, 4) is 0 Å². The number of carbonyl (C=O) groups is 3. The fourth-order valence-corrected chi connectivity index (χ4v) is 7.60. The van der Waals surface area contributed by atoms with E-state index in [9.17, 15) is 14.4 Å². The van der Waals surface area contributed by atoms with Crippen molar-refractivity contribution >= 4 is 35.0 Å². The molecular weight excluding hydrogens is 322 g/mol. The molecule has 4 nitrogen and oxygen atoms in total. The molecule has 1 aromatic rings. The Hall–Kier alpha value is -1.62. The van der Waals surface area contributed by atoms with Crippen molar-refractivity contribution in [3.63, 3.8) is 0 Å². The van der Waals surface area contributed by atoms with Gasteiger partial charge in [-0.1, -0.05) is 45.9 Å². The summed E-state index contributed by atoms with van der Waals surface area (Å²) in [6.07, 6.45) is 0. The minimum Gasteiger partial charge on any atom is -0.298 e. The zero-order valence-electron chi connectivity index (χ0n) is 14.3. The van der Waals surface area contributed by atoms with E-state index in [1.807, 2.05) is 45.9 Å². The summed E-state index contributed by atoms with van der Waals surface area (Å²) in [7, 11) is 0. The molecule has 3 aliphatic rings. The number of Topliss-reactive ketones (excluding diaryl/α,β-unsaturated/α-hetero) is 1. The first-order chi connectivity index (χ1) is 11.2. The molecule has 1 spiro atoms. The molecule has 1 aromatic carbocycles. The lowest BCUT2D eigenvalue weighted by Gasteiger charge is -2.65. The molecule has 5 heteroatoms. The molecule has 4 rings (SSSR count). The monoisotopic (exact) mass is 343 g/mol. The molecule has 3 fully saturated rings. The maximum absolute atomic E-state index is 13.3. The number of hydrogen-bond donors (Lipinski definition) is 0. The van der Waals surface area contributed by atoms with E-state index in [0.717, 1.165) is 0 Å². The van der Waals surface area contributed by atoms with E-state index < -0.39 is 21.5 Å². The Kier molecular flexibility index (Phi) is 2.98. The first kappa shape index (κ1) is 15.9. The third-order valence-electron chi connectivity index (χ3n) is 6.36. The van der Waals surface area contributed by atoms with Crippen LogP contribution < -0.4 is 4.90 Å². The molecule has 2 amide bonds. The number of para-hydroxylation sites is 1. The summed E-state index contributed by atoms with van der Waals surface area (Å²) in [5, 5.41) is 0. The van der Waals surface area contributed by atoms with Crippen LogP contribution in [0.25, 0.3) is 0 Å². The quantitative estimate of drug-likeness (QED) is 0.736. The van der Waals surface area contributed by atoms with Gasteiger partial charge in [0, 0.05) is 16.6 Å². The fourth-order valence-electron chi connectivity index (χ4n) is 5.47. The second kappa shape index (κ2) is 4.51. The van der Waals surface area contributed by atoms with Gasteiger partial charge in [-0.05, 0) is 12.1 Å². The summed E-state index contributed by atoms with van der Waals surface area (Å²) in [6.45, 7) is 7.72. The number of hydrogen-bond acceptors (Lipinski definition) is 4. The van der Waals surface area contributed by atoms with Crippen LogP contribution in [0.15, 0.2) is 30.3 Å². The topological polar surface area (TPSA) is 54.5 Å². The van der Waals surface area contributed by atoms with Crippen molar-refractivity contribution in [1.82, 2.24) is 0 Å². The molecule has 126 valence electrons. The first-order valence-electron chi connectivity index (χ1n) is 8.29. The largest absolute Gasteiger partial charge is 0.298 e. The summed E-state index contributed by atoms with van der Waals surface area (Å²) < 4.78 is -0.502. The van der Waals surface area contributed by atoms with Crippen LogP contribution in [0.3, 0.4) is 0 Å². The molecule has 0 N–H and O–H groups in total. The summed E-state index contributed by atoms with van der Waals surface area (Å²) in [5.74, 6) is -0.214. The van der Waals surface area contributed by atoms with E-state index in [1.54, 1.807) is 23.9 Å². The molecule has 0 unspecified atom stereocenters. The maximum Gasteiger partial charge on any atom is 0.239 e. The van der Waals surface area contributed by atoms with Crippen LogP contribution in [-0.4, -0.2) is 28.1 Å². The number of nitrogens with zero attached hydrogens (tertiary/aromatic N) is 1. The molecule has 0 radical (unpaired) electrons. The van der Waals surface area contributed by atoms with E-state index in [-0.39, 0.29) is 23.5 Å². The number of carbonyl (C=O) groups excluding carboxylic acids is 3. The summed E-state index contributed by atoms with van der Waals surface area (Å²) >= 11 is 1.66. The summed E-state index contributed by atoms with van der Waals surface area (Å²) in [6, 6.07) is 9.10. The highest BCUT2D eigenvalue weighted by Crippen LogP contribution is 2.74. The Balaban J connectivity index is 1.82. The standard InChI is InChI=1S/C19H21NO3S/c1-17(2)16(23)18(3,4)19(17)13-12(10-24-19)14(21)20(15(13)22)11-8-6-5-7-9-11/h5-9,12-13H,10H2,1-4H3/t12-,13+/m0/s1. The van der Waals surface area contributed by atoms with Crippen molar-refractivity contribution < 1.29 is 14.4 Å². The lowest BCUT2D eigenvalue weighted by molar-refractivity contribution is -0.166. The van der Waals surface area contributed by atoms with Gasteiger partial charge in [-0.3, -0.25) is 14.4 Å². The van der Waals surface area contributed by atoms with E-state index in [0.29, 0.717) is 11.4 Å². The predicted octanol–water partition coefficient (Wildman–Crippen LogP) is 2.91. The highest BCUT2D eigenvalue weighted by molar-refractivity contribution is 8.01. The Morgan fingerprint density at radius 3 is 2.12 bits per heavy atom. The molecule has 1 saturated carbocycles. The number of anilines is 1. The van der Waals surface area contributed by atoms with Crippen LogP contribution in [0.2, 0.25) is 0 Å². The highest BCUT2D eigenvalue weighted by atomic mass is 32.2. The number of imide groups is 1. The SMILES string of the molecule is CC1(C)C(=O)C(C)(C)C12SC[C@@H]1C(=O)N(c3ccccc3)C(=O)[C@@H]12. The van der Waals surface area contributed by atoms with Crippen molar-refractivity contribution in [3.05, 3.63) is 30.3 Å². The van der Waals surface area contributed by atoms with Crippen LogP contribution in [0.5, 0.6) is 0 Å². The van der Waals surface area contributed by atoms with Gasteiger partial charge in [-0.2, -0.15) is 11.8 Å². The van der Waals surface area contributed by atoms with Crippen LogP contribution in [0, 0.1) is 22.7 Å². The zero-order valence-corrected chi connectivity index (χ0v) is 15.1. The second-order valence-electron chi connectivity index (χ2n) is 8.06. The predicted molar refractivity (Wildman–Crippen MR) is 93.7 cm³/mol. The van der Waals surface area contributed by atoms with Crippen LogP contribution in [0.4, 0.5) is 5.69 Å². The van der Waals surface area contributed by atoms with Gasteiger partial charge in [0.1, 0.15) is 5.78 Å². The number of amides is 2. The number of rotatable bonds is 1. The van der Waals surface area contributed by atoms with E-state index in [2.05, 4.69) is 0 Å². The van der Waals surface area contributed by atoms with Crippen molar-refractivity contribution in [2.75, 3.05) is 10.7 Å². The molecule has 0 aromatic heterocycles. The highest BCUT2D eigenvalue weighted by Gasteiger charge is 2.81. The van der Waals surface area contributed by atoms with Gasteiger partial charge in [-0.15, -0.1) is 0 Å². The van der Waals surface area contributed by atoms with E-state index in [4.69, 9.17) is 0 Å². The van der Waals surface area contributed by atoms with E-state index in [1.165, 1.54) is 4.90 Å². The van der Waals surface area contributed by atoms with Gasteiger partial charge in [0.25, 0.3) is 0 Å². The molecule has 2 atom stereocenters. The molecule has 24 heavy (non-hydrogen) atoms. The van der Waals surface area contributed by atoms with Gasteiger partial charge in [0.2, 0.25) is 11.8 Å². The maximum atomic E-state index is 13.3. The molecule has 2 heterocycles. The lowest BCUT2D eigenvalue weighted by Crippen LogP contribution is -2.75. The smallest absolute Gasteiger partial charge is 0.239 e. The second-order valence-corrected chi connectivity index (χ2v) is 9.32. The Morgan fingerprint density at radius 1 is 0.958 bits per heavy atom. The first-order valence-corrected chi connectivity index (χ1v) is 9.28. The number of fused-ring (bicyclic) bond motifs is 2. The van der Waals surface area contributed by atoms with Gasteiger partial charge in [-0.25, -0.2) is 4.90 Å². The van der Waals surface area contributed by atoms with Crippen molar-refractivity contribution in [2.45, 2.75) is 32.4 Å². The zero-order chi connectivity index (χ0) is 17.5. The third-order valence-corrected chi connectivity index (χ3v) is 8.62. The normalized spacial score (nSPS) is 32.2. The van der Waals surface area contributed by atoms with Crippen molar-refractivity contribution in [1.29, 1.82) is 0 Å². The van der Waals surface area contributed by atoms with Gasteiger partial charge < -0.3 is 0 Å². The Bertz CT molecular complexity index is 750. The van der Waals surface area contributed by atoms with Crippen molar-refractivity contribution in [2.24, 2.45) is 22.7 Å². The number of ketones is 1. The summed E-state index contributed by atoms with van der Waals surface area (Å²) in [4.78, 5) is 40.2. The fraction of sp³-hybridized carbons (Fsp3) is 0.526. The Morgan fingerprint density at radius 2 is 1.54 bits per heavy atom. The number of benzene rings is 1. The third kappa shape index (κ3) is 1.46. The molecule has 0 bridgehead atoms. The Labute approximate surface area is 146 Å². The molecular formula is C19H21NO3S. The molecule has 2 saturated heterocycles. The summed E-state index contributed by atoms with van der Waals surface area (Å²) in [5.41, 5.74) is -0.560.